The van der Waals surface area contributed by atoms with Gasteiger partial charge in [0.05, 0.1) is 17.2 Å². The highest BCUT2D eigenvalue weighted by molar-refractivity contribution is 9.10. The molecule has 84 valence electrons. The van der Waals surface area contributed by atoms with Gasteiger partial charge in [0.25, 0.3) is 0 Å². The van der Waals surface area contributed by atoms with E-state index < -0.39 is 0 Å². The van der Waals surface area contributed by atoms with Gasteiger partial charge in [-0.15, -0.1) is 0 Å². The van der Waals surface area contributed by atoms with Crippen molar-refractivity contribution in [1.82, 2.24) is 9.78 Å². The lowest BCUT2D eigenvalue weighted by Gasteiger charge is -2.06. The van der Waals surface area contributed by atoms with Crippen LogP contribution in [0.5, 0.6) is 0 Å². The molecular weight excluding hydrogens is 334 g/mol. The van der Waals surface area contributed by atoms with E-state index in [4.69, 9.17) is 0 Å². The van der Waals surface area contributed by atoms with Crippen molar-refractivity contribution in [2.45, 2.75) is 6.54 Å². The standard InChI is InChI=1S/C11H11Br2N3/c12-9-2-1-3-11(6-9)14-4-5-16-8-10(13)7-15-16/h1-3,6-8,14H,4-5H2. The number of halogens is 2. The van der Waals surface area contributed by atoms with Crippen LogP contribution in [0, 0.1) is 0 Å². The van der Waals surface area contributed by atoms with Gasteiger partial charge in [0, 0.05) is 22.9 Å². The van der Waals surface area contributed by atoms with Gasteiger partial charge in [-0.3, -0.25) is 4.68 Å². The summed E-state index contributed by atoms with van der Waals surface area (Å²) in [6, 6.07) is 8.12. The van der Waals surface area contributed by atoms with E-state index in [9.17, 15) is 0 Å². The molecule has 0 saturated carbocycles. The summed E-state index contributed by atoms with van der Waals surface area (Å²) in [6.45, 7) is 1.70. The van der Waals surface area contributed by atoms with Crippen molar-refractivity contribution in [2.24, 2.45) is 0 Å². The number of nitrogens with one attached hydrogen (secondary N) is 1. The summed E-state index contributed by atoms with van der Waals surface area (Å²) in [5.74, 6) is 0. The quantitative estimate of drug-likeness (QED) is 0.919. The van der Waals surface area contributed by atoms with Gasteiger partial charge in [0.1, 0.15) is 0 Å². The highest BCUT2D eigenvalue weighted by Crippen LogP contribution is 2.15. The lowest BCUT2D eigenvalue weighted by atomic mass is 10.3. The van der Waals surface area contributed by atoms with Gasteiger partial charge in [0.2, 0.25) is 0 Å². The fourth-order valence-corrected chi connectivity index (χ4v) is 2.10. The molecule has 1 aromatic carbocycles. The van der Waals surface area contributed by atoms with Gasteiger partial charge in [-0.1, -0.05) is 22.0 Å². The van der Waals surface area contributed by atoms with E-state index >= 15 is 0 Å². The Balaban J connectivity index is 1.84. The van der Waals surface area contributed by atoms with E-state index in [-0.39, 0.29) is 0 Å². The number of hydrogen-bond acceptors (Lipinski definition) is 2. The van der Waals surface area contributed by atoms with Crippen LogP contribution >= 0.6 is 31.9 Å². The average molecular weight is 345 g/mol. The lowest BCUT2D eigenvalue weighted by molar-refractivity contribution is 0.637. The van der Waals surface area contributed by atoms with Crippen LogP contribution < -0.4 is 5.32 Å². The van der Waals surface area contributed by atoms with Crippen molar-refractivity contribution >= 4 is 37.5 Å². The Kier molecular flexibility index (Phi) is 4.01. The Bertz CT molecular complexity index is 468. The van der Waals surface area contributed by atoms with Crippen LogP contribution in [-0.2, 0) is 6.54 Å². The maximum atomic E-state index is 4.19. The fourth-order valence-electron chi connectivity index (χ4n) is 1.37. The molecule has 1 heterocycles. The monoisotopic (exact) mass is 343 g/mol. The highest BCUT2D eigenvalue weighted by Gasteiger charge is 1.95. The molecule has 0 amide bonds. The third-order valence-electron chi connectivity index (χ3n) is 2.10. The molecule has 0 aliphatic carbocycles. The molecule has 16 heavy (non-hydrogen) atoms. The Morgan fingerprint density at radius 3 is 2.81 bits per heavy atom. The minimum absolute atomic E-state index is 0.845. The minimum atomic E-state index is 0.845. The van der Waals surface area contributed by atoms with E-state index in [1.807, 2.05) is 29.1 Å². The second-order valence-corrected chi connectivity index (χ2v) is 5.19. The first-order valence-electron chi connectivity index (χ1n) is 4.91. The smallest absolute Gasteiger partial charge is 0.0632 e. The summed E-state index contributed by atoms with van der Waals surface area (Å²) in [5, 5.41) is 7.52. The molecule has 0 aliphatic rings. The normalized spacial score (nSPS) is 10.4. The minimum Gasteiger partial charge on any atom is -0.383 e. The Morgan fingerprint density at radius 1 is 1.25 bits per heavy atom. The molecule has 0 saturated heterocycles. The van der Waals surface area contributed by atoms with E-state index in [1.54, 1.807) is 6.20 Å². The molecule has 0 radical (unpaired) electrons. The summed E-state index contributed by atoms with van der Waals surface area (Å²) in [4.78, 5) is 0. The lowest BCUT2D eigenvalue weighted by Crippen LogP contribution is -2.10. The molecule has 3 nitrogen and oxygen atoms in total. The summed E-state index contributed by atoms with van der Waals surface area (Å²) >= 11 is 6.81. The van der Waals surface area contributed by atoms with Crippen LogP contribution in [0.4, 0.5) is 5.69 Å². The number of aromatic nitrogens is 2. The van der Waals surface area contributed by atoms with Gasteiger partial charge >= 0.3 is 0 Å². The van der Waals surface area contributed by atoms with E-state index in [0.717, 1.165) is 27.7 Å². The molecule has 1 aromatic heterocycles. The highest BCUT2D eigenvalue weighted by atomic mass is 79.9. The van der Waals surface area contributed by atoms with Crippen molar-refractivity contribution < 1.29 is 0 Å². The molecule has 2 rings (SSSR count). The second-order valence-electron chi connectivity index (χ2n) is 3.36. The van der Waals surface area contributed by atoms with Gasteiger partial charge < -0.3 is 5.32 Å². The molecule has 0 aliphatic heterocycles. The first kappa shape index (κ1) is 11.7. The Labute approximate surface area is 111 Å². The van der Waals surface area contributed by atoms with Crippen molar-refractivity contribution in [3.8, 4) is 0 Å². The molecule has 5 heteroatoms. The molecule has 0 unspecified atom stereocenters. The topological polar surface area (TPSA) is 29.9 Å². The van der Waals surface area contributed by atoms with Crippen LogP contribution in [0.1, 0.15) is 0 Å². The predicted octanol–water partition coefficient (Wildman–Crippen LogP) is 3.52. The Hall–Kier alpha value is -0.810. The van der Waals surface area contributed by atoms with Crippen molar-refractivity contribution in [3.63, 3.8) is 0 Å². The van der Waals surface area contributed by atoms with Gasteiger partial charge in [0.15, 0.2) is 0 Å². The van der Waals surface area contributed by atoms with E-state index in [1.165, 1.54) is 0 Å². The number of rotatable bonds is 4. The molecule has 0 bridgehead atoms. The number of hydrogen-bond donors (Lipinski definition) is 1. The zero-order valence-electron chi connectivity index (χ0n) is 8.53. The van der Waals surface area contributed by atoms with Crippen LogP contribution in [0.3, 0.4) is 0 Å². The second kappa shape index (κ2) is 5.50. The number of nitrogens with zero attached hydrogens (tertiary/aromatic N) is 2. The van der Waals surface area contributed by atoms with Crippen LogP contribution in [0.2, 0.25) is 0 Å². The first-order valence-corrected chi connectivity index (χ1v) is 6.50. The zero-order chi connectivity index (χ0) is 11.4. The van der Waals surface area contributed by atoms with Crippen LogP contribution in [0.15, 0.2) is 45.6 Å². The predicted molar refractivity (Wildman–Crippen MR) is 72.6 cm³/mol. The maximum absolute atomic E-state index is 4.19. The van der Waals surface area contributed by atoms with Crippen molar-refractivity contribution in [3.05, 3.63) is 45.6 Å². The molecule has 0 atom stereocenters. The average Bonchev–Trinajstić information content (AvgIpc) is 2.64. The summed E-state index contributed by atoms with van der Waals surface area (Å²) in [7, 11) is 0. The molecule has 2 aromatic rings. The number of anilines is 1. The van der Waals surface area contributed by atoms with E-state index in [2.05, 4.69) is 48.3 Å². The van der Waals surface area contributed by atoms with Crippen molar-refractivity contribution in [1.29, 1.82) is 0 Å². The van der Waals surface area contributed by atoms with E-state index in [0.29, 0.717) is 0 Å². The number of benzene rings is 1. The van der Waals surface area contributed by atoms with Gasteiger partial charge in [-0.2, -0.15) is 5.10 Å². The Morgan fingerprint density at radius 2 is 2.12 bits per heavy atom. The van der Waals surface area contributed by atoms with Gasteiger partial charge in [-0.25, -0.2) is 0 Å². The van der Waals surface area contributed by atoms with Crippen LogP contribution in [0.25, 0.3) is 0 Å². The summed E-state index contributed by atoms with van der Waals surface area (Å²) in [5.41, 5.74) is 1.11. The third kappa shape index (κ3) is 3.35. The molecule has 1 N–H and O–H groups in total. The fraction of sp³-hybridized carbons (Fsp3) is 0.182. The summed E-state index contributed by atoms with van der Waals surface area (Å²) < 4.78 is 3.99. The zero-order valence-corrected chi connectivity index (χ0v) is 11.7. The largest absolute Gasteiger partial charge is 0.383 e. The maximum Gasteiger partial charge on any atom is 0.0632 e. The molecule has 0 fully saturated rings. The molecule has 0 spiro atoms. The van der Waals surface area contributed by atoms with Gasteiger partial charge in [-0.05, 0) is 34.1 Å². The third-order valence-corrected chi connectivity index (χ3v) is 3.00. The SMILES string of the molecule is Brc1cccc(NCCn2cc(Br)cn2)c1. The molecular formula is C11H11Br2N3. The first-order chi connectivity index (χ1) is 7.74. The van der Waals surface area contributed by atoms with Crippen LogP contribution in [-0.4, -0.2) is 16.3 Å². The summed E-state index contributed by atoms with van der Waals surface area (Å²) in [6.07, 6.45) is 3.75. The van der Waals surface area contributed by atoms with Crippen molar-refractivity contribution in [2.75, 3.05) is 11.9 Å².